The highest BCUT2D eigenvalue weighted by atomic mass is 16.2. The van der Waals surface area contributed by atoms with E-state index in [0.717, 1.165) is 30.6 Å². The molecular formula is C22H25N3O. The molecule has 1 atom stereocenters. The molecule has 0 aliphatic carbocycles. The van der Waals surface area contributed by atoms with E-state index in [4.69, 9.17) is 0 Å². The number of aryl methyl sites for hydroxylation is 1. The Morgan fingerprint density at radius 3 is 2.23 bits per heavy atom. The number of piperazine rings is 1. The average Bonchev–Trinajstić information content (AvgIpc) is 2.70. The summed E-state index contributed by atoms with van der Waals surface area (Å²) in [6.45, 7) is 4.94. The zero-order valence-electron chi connectivity index (χ0n) is 15.3. The van der Waals surface area contributed by atoms with Gasteiger partial charge in [-0.05, 0) is 23.1 Å². The van der Waals surface area contributed by atoms with Crippen LogP contribution in [0, 0.1) is 11.3 Å². The highest BCUT2D eigenvalue weighted by Crippen LogP contribution is 2.22. The van der Waals surface area contributed by atoms with Crippen LogP contribution in [0.3, 0.4) is 0 Å². The number of nitriles is 1. The number of carbonyl (C=O) groups excluding carboxylic acids is 1. The summed E-state index contributed by atoms with van der Waals surface area (Å²) in [4.78, 5) is 16.6. The van der Waals surface area contributed by atoms with Crippen LogP contribution in [0.4, 0.5) is 0 Å². The topological polar surface area (TPSA) is 47.3 Å². The molecule has 2 aromatic rings. The largest absolute Gasteiger partial charge is 0.340 e. The van der Waals surface area contributed by atoms with Gasteiger partial charge >= 0.3 is 0 Å². The minimum atomic E-state index is -0.243. The molecule has 0 aromatic heterocycles. The molecule has 1 unspecified atom stereocenters. The maximum atomic E-state index is 12.5. The molecule has 1 fully saturated rings. The van der Waals surface area contributed by atoms with Gasteiger partial charge in [-0.3, -0.25) is 9.69 Å². The molecule has 26 heavy (non-hydrogen) atoms. The van der Waals surface area contributed by atoms with E-state index in [0.29, 0.717) is 19.5 Å². The van der Waals surface area contributed by atoms with Gasteiger partial charge in [-0.25, -0.2) is 0 Å². The van der Waals surface area contributed by atoms with Gasteiger partial charge in [-0.2, -0.15) is 5.26 Å². The second kappa shape index (κ2) is 8.64. The number of amides is 1. The van der Waals surface area contributed by atoms with Gasteiger partial charge in [-0.15, -0.1) is 0 Å². The van der Waals surface area contributed by atoms with Crippen molar-refractivity contribution in [2.75, 3.05) is 26.2 Å². The van der Waals surface area contributed by atoms with Crippen LogP contribution in [-0.2, 0) is 17.6 Å². The van der Waals surface area contributed by atoms with Crippen molar-refractivity contribution in [3.05, 3.63) is 71.3 Å². The van der Waals surface area contributed by atoms with Crippen LogP contribution in [0.15, 0.2) is 54.6 Å². The van der Waals surface area contributed by atoms with Crippen LogP contribution < -0.4 is 0 Å². The summed E-state index contributed by atoms with van der Waals surface area (Å²) in [6.07, 6.45) is 1.45. The van der Waals surface area contributed by atoms with Gasteiger partial charge in [0.05, 0.1) is 12.5 Å². The fraction of sp³-hybridized carbons (Fsp3) is 0.364. The van der Waals surface area contributed by atoms with Crippen molar-refractivity contribution in [2.45, 2.75) is 25.8 Å². The molecule has 134 valence electrons. The second-order valence-electron chi connectivity index (χ2n) is 6.71. The third-order valence-corrected chi connectivity index (χ3v) is 5.06. The number of hydrogen-bond donors (Lipinski definition) is 0. The first-order valence-corrected chi connectivity index (χ1v) is 9.25. The van der Waals surface area contributed by atoms with Crippen molar-refractivity contribution < 1.29 is 4.79 Å². The van der Waals surface area contributed by atoms with Gasteiger partial charge in [0.2, 0.25) is 5.91 Å². The van der Waals surface area contributed by atoms with Crippen molar-refractivity contribution >= 4 is 5.91 Å². The van der Waals surface area contributed by atoms with Crippen molar-refractivity contribution in [1.29, 1.82) is 5.26 Å². The summed E-state index contributed by atoms with van der Waals surface area (Å²) < 4.78 is 0. The maximum Gasteiger partial charge on any atom is 0.227 e. The normalized spacial score (nSPS) is 16.1. The molecule has 0 spiro atoms. The smallest absolute Gasteiger partial charge is 0.227 e. The van der Waals surface area contributed by atoms with Crippen LogP contribution in [0.2, 0.25) is 0 Å². The number of nitrogens with zero attached hydrogens (tertiary/aromatic N) is 3. The molecule has 1 aliphatic rings. The molecule has 3 rings (SSSR count). The fourth-order valence-corrected chi connectivity index (χ4v) is 3.41. The Morgan fingerprint density at radius 2 is 1.65 bits per heavy atom. The number of hydrogen-bond acceptors (Lipinski definition) is 3. The molecule has 1 aliphatic heterocycles. The summed E-state index contributed by atoms with van der Waals surface area (Å²) in [5.41, 5.74) is 3.36. The quantitative estimate of drug-likeness (QED) is 0.834. The standard InChI is InChI=1S/C22H25N3O/c1-2-18-8-10-20(11-9-18)21(17-23)24-12-14-25(15-13-24)22(26)16-19-6-4-3-5-7-19/h3-11,21H,2,12-16H2,1H3. The molecule has 4 nitrogen and oxygen atoms in total. The third kappa shape index (κ3) is 4.30. The lowest BCUT2D eigenvalue weighted by Crippen LogP contribution is -2.49. The number of benzene rings is 2. The van der Waals surface area contributed by atoms with Crippen molar-refractivity contribution in [3.8, 4) is 6.07 Å². The highest BCUT2D eigenvalue weighted by molar-refractivity contribution is 5.78. The first-order valence-electron chi connectivity index (χ1n) is 9.25. The summed E-state index contributed by atoms with van der Waals surface area (Å²) in [5.74, 6) is 0.164. The number of rotatable bonds is 5. The second-order valence-corrected chi connectivity index (χ2v) is 6.71. The first-order chi connectivity index (χ1) is 12.7. The van der Waals surface area contributed by atoms with Crippen LogP contribution in [0.5, 0.6) is 0 Å². The molecule has 1 heterocycles. The van der Waals surface area contributed by atoms with Crippen molar-refractivity contribution in [2.24, 2.45) is 0 Å². The highest BCUT2D eigenvalue weighted by Gasteiger charge is 2.26. The van der Waals surface area contributed by atoms with Gasteiger partial charge in [0.1, 0.15) is 6.04 Å². The Hall–Kier alpha value is -2.64. The third-order valence-electron chi connectivity index (χ3n) is 5.06. The predicted octanol–water partition coefficient (Wildman–Crippen LogP) is 3.20. The summed E-state index contributed by atoms with van der Waals surface area (Å²) in [7, 11) is 0. The summed E-state index contributed by atoms with van der Waals surface area (Å²) >= 11 is 0. The van der Waals surface area contributed by atoms with Crippen molar-refractivity contribution in [3.63, 3.8) is 0 Å². The van der Waals surface area contributed by atoms with E-state index in [1.807, 2.05) is 35.2 Å². The summed E-state index contributed by atoms with van der Waals surface area (Å²) in [6, 6.07) is 20.3. The molecule has 0 N–H and O–H groups in total. The monoisotopic (exact) mass is 347 g/mol. The lowest BCUT2D eigenvalue weighted by Gasteiger charge is -2.37. The zero-order chi connectivity index (χ0) is 18.4. The zero-order valence-corrected chi connectivity index (χ0v) is 15.3. The van der Waals surface area contributed by atoms with E-state index in [-0.39, 0.29) is 11.9 Å². The van der Waals surface area contributed by atoms with Crippen LogP contribution >= 0.6 is 0 Å². The molecule has 0 radical (unpaired) electrons. The average molecular weight is 347 g/mol. The summed E-state index contributed by atoms with van der Waals surface area (Å²) in [5, 5.41) is 9.66. The Balaban J connectivity index is 1.58. The lowest BCUT2D eigenvalue weighted by atomic mass is 10.0. The minimum Gasteiger partial charge on any atom is -0.340 e. The molecule has 0 bridgehead atoms. The van der Waals surface area contributed by atoms with E-state index in [9.17, 15) is 10.1 Å². The first kappa shape index (κ1) is 18.2. The van der Waals surface area contributed by atoms with Crippen LogP contribution in [0.1, 0.15) is 29.7 Å². The van der Waals surface area contributed by atoms with Crippen molar-refractivity contribution in [1.82, 2.24) is 9.80 Å². The van der Waals surface area contributed by atoms with E-state index in [2.05, 4.69) is 42.2 Å². The molecule has 1 saturated heterocycles. The SMILES string of the molecule is CCc1ccc(C(C#N)N2CCN(C(=O)Cc3ccccc3)CC2)cc1. The van der Waals surface area contributed by atoms with E-state index in [1.165, 1.54) is 5.56 Å². The molecule has 2 aromatic carbocycles. The molecular weight excluding hydrogens is 322 g/mol. The lowest BCUT2D eigenvalue weighted by molar-refractivity contribution is -0.132. The Labute approximate surface area is 155 Å². The van der Waals surface area contributed by atoms with E-state index < -0.39 is 0 Å². The fourth-order valence-electron chi connectivity index (χ4n) is 3.41. The maximum absolute atomic E-state index is 12.5. The van der Waals surface area contributed by atoms with Gasteiger partial charge in [-0.1, -0.05) is 61.5 Å². The molecule has 1 amide bonds. The van der Waals surface area contributed by atoms with E-state index >= 15 is 0 Å². The Bertz CT molecular complexity index is 756. The van der Waals surface area contributed by atoms with Crippen LogP contribution in [-0.4, -0.2) is 41.9 Å². The Morgan fingerprint density at radius 1 is 1.00 bits per heavy atom. The van der Waals surface area contributed by atoms with Gasteiger partial charge in [0, 0.05) is 26.2 Å². The van der Waals surface area contributed by atoms with Gasteiger partial charge in [0.25, 0.3) is 0 Å². The van der Waals surface area contributed by atoms with E-state index in [1.54, 1.807) is 0 Å². The van der Waals surface area contributed by atoms with Gasteiger partial charge < -0.3 is 4.90 Å². The Kier molecular flexibility index (Phi) is 6.04. The molecule has 4 heteroatoms. The predicted molar refractivity (Wildman–Crippen MR) is 102 cm³/mol. The minimum absolute atomic E-state index is 0.164. The van der Waals surface area contributed by atoms with Crippen LogP contribution in [0.25, 0.3) is 0 Å². The van der Waals surface area contributed by atoms with Gasteiger partial charge in [0.15, 0.2) is 0 Å². The number of carbonyl (C=O) groups is 1. The molecule has 0 saturated carbocycles.